The molecule has 0 bridgehead atoms. The monoisotopic (exact) mass is 198 g/mol. The number of nitrogens with two attached hydrogens (primary N) is 1. The second kappa shape index (κ2) is 4.19. The van der Waals surface area contributed by atoms with Gasteiger partial charge in [-0.05, 0) is 30.6 Å². The minimum Gasteiger partial charge on any atom is -0.324 e. The zero-order valence-electron chi connectivity index (χ0n) is 10.2. The van der Waals surface area contributed by atoms with Gasteiger partial charge in [-0.3, -0.25) is 0 Å². The Morgan fingerprint density at radius 1 is 1.36 bits per heavy atom. The SMILES string of the molecule is CC(C)C(C)(C)CNCC1(N)CCC1. The van der Waals surface area contributed by atoms with Crippen LogP contribution in [0.3, 0.4) is 0 Å². The summed E-state index contributed by atoms with van der Waals surface area (Å²) in [6.07, 6.45) is 3.70. The highest BCUT2D eigenvalue weighted by Crippen LogP contribution is 2.29. The summed E-state index contributed by atoms with van der Waals surface area (Å²) in [4.78, 5) is 0. The van der Waals surface area contributed by atoms with Gasteiger partial charge < -0.3 is 11.1 Å². The zero-order valence-corrected chi connectivity index (χ0v) is 10.2. The lowest BCUT2D eigenvalue weighted by Gasteiger charge is -2.39. The van der Waals surface area contributed by atoms with Crippen LogP contribution in [0, 0.1) is 11.3 Å². The topological polar surface area (TPSA) is 38.0 Å². The molecule has 0 aromatic rings. The van der Waals surface area contributed by atoms with Gasteiger partial charge >= 0.3 is 0 Å². The van der Waals surface area contributed by atoms with E-state index in [-0.39, 0.29) is 5.54 Å². The van der Waals surface area contributed by atoms with Crippen molar-refractivity contribution in [3.8, 4) is 0 Å². The van der Waals surface area contributed by atoms with E-state index in [1.807, 2.05) is 0 Å². The molecule has 0 aromatic heterocycles. The van der Waals surface area contributed by atoms with Gasteiger partial charge in [-0.25, -0.2) is 0 Å². The summed E-state index contributed by atoms with van der Waals surface area (Å²) >= 11 is 0. The second-order valence-corrected chi connectivity index (χ2v) is 5.96. The summed E-state index contributed by atoms with van der Waals surface area (Å²) in [7, 11) is 0. The predicted octanol–water partition coefficient (Wildman–Crippen LogP) is 2.14. The first-order valence-corrected chi connectivity index (χ1v) is 5.85. The molecule has 2 nitrogen and oxygen atoms in total. The minimum absolute atomic E-state index is 0.118. The fourth-order valence-corrected chi connectivity index (χ4v) is 1.65. The van der Waals surface area contributed by atoms with Gasteiger partial charge in [0.2, 0.25) is 0 Å². The van der Waals surface area contributed by atoms with Gasteiger partial charge in [0.1, 0.15) is 0 Å². The third kappa shape index (κ3) is 2.96. The molecule has 1 saturated carbocycles. The van der Waals surface area contributed by atoms with Crippen molar-refractivity contribution in [3.63, 3.8) is 0 Å². The lowest BCUT2D eigenvalue weighted by molar-refractivity contribution is 0.199. The Morgan fingerprint density at radius 2 is 1.93 bits per heavy atom. The minimum atomic E-state index is 0.118. The largest absolute Gasteiger partial charge is 0.324 e. The summed E-state index contributed by atoms with van der Waals surface area (Å²) in [6.45, 7) is 11.3. The fourth-order valence-electron chi connectivity index (χ4n) is 1.65. The highest BCUT2D eigenvalue weighted by Gasteiger charge is 2.32. The second-order valence-electron chi connectivity index (χ2n) is 5.96. The van der Waals surface area contributed by atoms with Crippen LogP contribution in [0.15, 0.2) is 0 Å². The van der Waals surface area contributed by atoms with Gasteiger partial charge in [0.25, 0.3) is 0 Å². The van der Waals surface area contributed by atoms with Gasteiger partial charge in [0, 0.05) is 18.6 Å². The predicted molar refractivity (Wildman–Crippen MR) is 62.3 cm³/mol. The van der Waals surface area contributed by atoms with Crippen LogP contribution in [-0.4, -0.2) is 18.6 Å². The van der Waals surface area contributed by atoms with Gasteiger partial charge in [-0.1, -0.05) is 27.7 Å². The average Bonchev–Trinajstić information content (AvgIpc) is 2.00. The molecule has 0 saturated heterocycles. The maximum atomic E-state index is 6.15. The molecule has 1 rings (SSSR count). The Kier molecular flexibility index (Phi) is 3.59. The molecule has 0 spiro atoms. The Morgan fingerprint density at radius 3 is 2.29 bits per heavy atom. The Bertz CT molecular complexity index is 181. The van der Waals surface area contributed by atoms with E-state index in [1.165, 1.54) is 19.3 Å². The molecule has 1 aliphatic carbocycles. The van der Waals surface area contributed by atoms with E-state index in [2.05, 4.69) is 33.0 Å². The summed E-state index contributed by atoms with van der Waals surface area (Å²) in [5.41, 5.74) is 6.64. The van der Waals surface area contributed by atoms with Crippen LogP contribution < -0.4 is 11.1 Å². The summed E-state index contributed by atoms with van der Waals surface area (Å²) in [6, 6.07) is 0. The van der Waals surface area contributed by atoms with Gasteiger partial charge in [0.05, 0.1) is 0 Å². The molecule has 0 radical (unpaired) electrons. The molecular weight excluding hydrogens is 172 g/mol. The number of hydrogen-bond donors (Lipinski definition) is 2. The van der Waals surface area contributed by atoms with Crippen LogP contribution in [0.1, 0.15) is 47.0 Å². The molecule has 0 aliphatic heterocycles. The van der Waals surface area contributed by atoms with Crippen molar-refractivity contribution in [3.05, 3.63) is 0 Å². The highest BCUT2D eigenvalue weighted by atomic mass is 15.0. The number of hydrogen-bond acceptors (Lipinski definition) is 2. The van der Waals surface area contributed by atoms with Crippen LogP contribution in [0.25, 0.3) is 0 Å². The number of rotatable bonds is 5. The Hall–Kier alpha value is -0.0800. The zero-order chi connectivity index (χ0) is 10.8. The molecule has 2 heteroatoms. The van der Waals surface area contributed by atoms with Gasteiger partial charge in [0.15, 0.2) is 0 Å². The van der Waals surface area contributed by atoms with Crippen molar-refractivity contribution in [2.75, 3.05) is 13.1 Å². The Labute approximate surface area is 88.6 Å². The smallest absolute Gasteiger partial charge is 0.0280 e. The molecular formula is C12H26N2. The normalized spacial score (nSPS) is 21.0. The fraction of sp³-hybridized carbons (Fsp3) is 1.00. The van der Waals surface area contributed by atoms with Crippen LogP contribution in [-0.2, 0) is 0 Å². The van der Waals surface area contributed by atoms with Crippen molar-refractivity contribution >= 4 is 0 Å². The first-order chi connectivity index (χ1) is 6.36. The van der Waals surface area contributed by atoms with Crippen molar-refractivity contribution in [1.82, 2.24) is 5.32 Å². The lowest BCUT2D eigenvalue weighted by atomic mass is 9.77. The van der Waals surface area contributed by atoms with Crippen molar-refractivity contribution < 1.29 is 0 Å². The molecule has 0 amide bonds. The van der Waals surface area contributed by atoms with Crippen LogP contribution >= 0.6 is 0 Å². The van der Waals surface area contributed by atoms with E-state index in [0.717, 1.165) is 13.1 Å². The van der Waals surface area contributed by atoms with E-state index < -0.39 is 0 Å². The first kappa shape index (κ1) is 12.0. The quantitative estimate of drug-likeness (QED) is 0.710. The van der Waals surface area contributed by atoms with Crippen molar-refractivity contribution in [2.24, 2.45) is 17.1 Å². The third-order valence-electron chi connectivity index (χ3n) is 3.97. The lowest BCUT2D eigenvalue weighted by Crippen LogP contribution is -2.55. The van der Waals surface area contributed by atoms with Crippen molar-refractivity contribution in [1.29, 1.82) is 0 Å². The van der Waals surface area contributed by atoms with E-state index in [0.29, 0.717) is 11.3 Å². The highest BCUT2D eigenvalue weighted by molar-refractivity contribution is 4.94. The van der Waals surface area contributed by atoms with Gasteiger partial charge in [-0.2, -0.15) is 0 Å². The number of nitrogens with one attached hydrogen (secondary N) is 1. The molecule has 0 atom stereocenters. The van der Waals surface area contributed by atoms with Crippen LogP contribution in [0.4, 0.5) is 0 Å². The molecule has 14 heavy (non-hydrogen) atoms. The molecule has 0 heterocycles. The standard InChI is InChI=1S/C12H26N2/c1-10(2)11(3,4)8-14-9-12(13)6-5-7-12/h10,14H,5-9,13H2,1-4H3. The molecule has 1 fully saturated rings. The molecule has 0 aromatic carbocycles. The Balaban J connectivity index is 2.20. The maximum Gasteiger partial charge on any atom is 0.0280 e. The molecule has 3 N–H and O–H groups in total. The summed E-state index contributed by atoms with van der Waals surface area (Å²) in [5.74, 6) is 0.713. The first-order valence-electron chi connectivity index (χ1n) is 5.85. The summed E-state index contributed by atoms with van der Waals surface area (Å²) < 4.78 is 0. The van der Waals surface area contributed by atoms with Gasteiger partial charge in [-0.15, -0.1) is 0 Å². The summed E-state index contributed by atoms with van der Waals surface area (Å²) in [5, 5.41) is 3.52. The molecule has 1 aliphatic rings. The average molecular weight is 198 g/mol. The van der Waals surface area contributed by atoms with Crippen LogP contribution in [0.2, 0.25) is 0 Å². The molecule has 84 valence electrons. The van der Waals surface area contributed by atoms with E-state index >= 15 is 0 Å². The maximum absolute atomic E-state index is 6.15. The molecule has 0 unspecified atom stereocenters. The van der Waals surface area contributed by atoms with E-state index in [4.69, 9.17) is 5.73 Å². The van der Waals surface area contributed by atoms with Crippen molar-refractivity contribution in [2.45, 2.75) is 52.5 Å². The van der Waals surface area contributed by atoms with E-state index in [1.54, 1.807) is 0 Å². The third-order valence-corrected chi connectivity index (χ3v) is 3.97. The van der Waals surface area contributed by atoms with E-state index in [9.17, 15) is 0 Å². The van der Waals surface area contributed by atoms with Crippen LogP contribution in [0.5, 0.6) is 0 Å².